The molecule has 114 valence electrons. The van der Waals surface area contributed by atoms with Crippen LogP contribution in [0.15, 0.2) is 59.6 Å². The van der Waals surface area contributed by atoms with E-state index in [0.717, 1.165) is 37.7 Å². The molecule has 0 N–H and O–H groups in total. The van der Waals surface area contributed by atoms with E-state index in [-0.39, 0.29) is 5.82 Å². The van der Waals surface area contributed by atoms with Crippen LogP contribution in [0.5, 0.6) is 0 Å². The summed E-state index contributed by atoms with van der Waals surface area (Å²) in [7, 11) is 2.07. The predicted molar refractivity (Wildman–Crippen MR) is 88.8 cm³/mol. The third-order valence-electron chi connectivity index (χ3n) is 3.91. The molecule has 2 aromatic rings. The number of halogens is 1. The van der Waals surface area contributed by atoms with Crippen molar-refractivity contribution in [1.29, 1.82) is 0 Å². The molecule has 2 aromatic carbocycles. The Kier molecular flexibility index (Phi) is 4.37. The molecular weight excluding hydrogens is 277 g/mol. The van der Waals surface area contributed by atoms with Gasteiger partial charge < -0.3 is 9.80 Å². The Morgan fingerprint density at radius 3 is 2.41 bits per heavy atom. The summed E-state index contributed by atoms with van der Waals surface area (Å²) in [5, 5.41) is 0. The van der Waals surface area contributed by atoms with Crippen molar-refractivity contribution in [2.75, 3.05) is 31.6 Å². The van der Waals surface area contributed by atoms with Gasteiger partial charge in [0.05, 0.1) is 13.1 Å². The van der Waals surface area contributed by atoms with Crippen LogP contribution < -0.4 is 4.90 Å². The Labute approximate surface area is 130 Å². The van der Waals surface area contributed by atoms with E-state index >= 15 is 0 Å². The number of hydrogen-bond donors (Lipinski definition) is 0. The Hall–Kier alpha value is -2.36. The molecule has 4 heteroatoms. The fourth-order valence-corrected chi connectivity index (χ4v) is 2.61. The van der Waals surface area contributed by atoms with Crippen LogP contribution >= 0.6 is 0 Å². The van der Waals surface area contributed by atoms with Gasteiger partial charge in [0.25, 0.3) is 0 Å². The number of aliphatic imine (C=N–C) groups is 1. The van der Waals surface area contributed by atoms with Crippen LogP contribution in [-0.2, 0) is 6.54 Å². The minimum Gasteiger partial charge on any atom is -0.360 e. The summed E-state index contributed by atoms with van der Waals surface area (Å²) in [4.78, 5) is 8.98. The minimum atomic E-state index is -0.210. The molecule has 0 amide bonds. The highest BCUT2D eigenvalue weighted by Crippen LogP contribution is 2.19. The molecule has 1 aliphatic rings. The van der Waals surface area contributed by atoms with E-state index < -0.39 is 0 Å². The molecule has 3 nitrogen and oxygen atoms in total. The van der Waals surface area contributed by atoms with Crippen molar-refractivity contribution in [2.24, 2.45) is 4.99 Å². The molecule has 0 radical (unpaired) electrons. The van der Waals surface area contributed by atoms with Crippen LogP contribution in [0.1, 0.15) is 5.56 Å². The van der Waals surface area contributed by atoms with Gasteiger partial charge in [-0.25, -0.2) is 4.39 Å². The second kappa shape index (κ2) is 6.60. The van der Waals surface area contributed by atoms with E-state index in [0.29, 0.717) is 0 Å². The smallest absolute Gasteiger partial charge is 0.123 e. The van der Waals surface area contributed by atoms with Gasteiger partial charge in [0.2, 0.25) is 0 Å². The third kappa shape index (κ3) is 3.45. The summed E-state index contributed by atoms with van der Waals surface area (Å²) in [6, 6.07) is 17.0. The first-order chi connectivity index (χ1) is 10.7. The highest BCUT2D eigenvalue weighted by Gasteiger charge is 2.17. The van der Waals surface area contributed by atoms with Crippen molar-refractivity contribution >= 4 is 11.5 Å². The monoisotopic (exact) mass is 297 g/mol. The molecule has 3 rings (SSSR count). The zero-order chi connectivity index (χ0) is 15.4. The number of anilines is 1. The van der Waals surface area contributed by atoms with E-state index in [2.05, 4.69) is 34.0 Å². The van der Waals surface area contributed by atoms with Crippen LogP contribution in [0.2, 0.25) is 0 Å². The van der Waals surface area contributed by atoms with E-state index in [1.807, 2.05) is 30.3 Å². The number of benzene rings is 2. The molecule has 0 bridgehead atoms. The summed E-state index contributed by atoms with van der Waals surface area (Å²) < 4.78 is 13.2. The molecule has 0 unspecified atom stereocenters. The Balaban J connectivity index is 1.83. The van der Waals surface area contributed by atoms with Gasteiger partial charge in [-0.3, -0.25) is 4.99 Å². The number of rotatable bonds is 5. The zero-order valence-electron chi connectivity index (χ0n) is 12.7. The standard InChI is InChI=1S/C18H20FN3/c1-21-12-11-20-18(21)14-22(13-15-5-3-2-4-6-15)17-9-7-16(19)8-10-17/h2-10H,11-14H2,1H3. The quantitative estimate of drug-likeness (QED) is 0.844. The molecule has 0 saturated carbocycles. The average Bonchev–Trinajstić information content (AvgIpc) is 2.94. The maximum Gasteiger partial charge on any atom is 0.123 e. The highest BCUT2D eigenvalue weighted by molar-refractivity contribution is 5.87. The lowest BCUT2D eigenvalue weighted by Crippen LogP contribution is -2.36. The normalized spacial score (nSPS) is 14.1. The summed E-state index contributed by atoms with van der Waals surface area (Å²) >= 11 is 0. The van der Waals surface area contributed by atoms with Crippen molar-refractivity contribution in [3.05, 3.63) is 66.0 Å². The first kappa shape index (κ1) is 14.6. The van der Waals surface area contributed by atoms with Crippen molar-refractivity contribution < 1.29 is 4.39 Å². The van der Waals surface area contributed by atoms with Gasteiger partial charge in [-0.1, -0.05) is 30.3 Å². The number of amidine groups is 1. The van der Waals surface area contributed by atoms with E-state index in [1.165, 1.54) is 17.7 Å². The second-order valence-corrected chi connectivity index (χ2v) is 5.54. The SMILES string of the molecule is CN1CCN=C1CN(Cc1ccccc1)c1ccc(F)cc1. The minimum absolute atomic E-state index is 0.210. The van der Waals surface area contributed by atoms with Gasteiger partial charge in [0.1, 0.15) is 11.7 Å². The first-order valence-electron chi connectivity index (χ1n) is 7.51. The second-order valence-electron chi connectivity index (χ2n) is 5.54. The summed E-state index contributed by atoms with van der Waals surface area (Å²) in [6.07, 6.45) is 0. The number of nitrogens with zero attached hydrogens (tertiary/aromatic N) is 3. The molecule has 1 aliphatic heterocycles. The van der Waals surface area contributed by atoms with Crippen LogP contribution in [-0.4, -0.2) is 37.4 Å². The zero-order valence-corrected chi connectivity index (χ0v) is 12.7. The first-order valence-corrected chi connectivity index (χ1v) is 7.51. The third-order valence-corrected chi connectivity index (χ3v) is 3.91. The van der Waals surface area contributed by atoms with Crippen molar-refractivity contribution in [3.63, 3.8) is 0 Å². The van der Waals surface area contributed by atoms with Crippen LogP contribution in [0.3, 0.4) is 0 Å². The number of likely N-dealkylation sites (N-methyl/N-ethyl adjacent to an activating group) is 1. The molecule has 0 aliphatic carbocycles. The topological polar surface area (TPSA) is 18.8 Å². The van der Waals surface area contributed by atoms with Crippen molar-refractivity contribution in [2.45, 2.75) is 6.54 Å². The van der Waals surface area contributed by atoms with Gasteiger partial charge in [0, 0.05) is 25.8 Å². The average molecular weight is 297 g/mol. The lowest BCUT2D eigenvalue weighted by atomic mass is 10.2. The molecule has 22 heavy (non-hydrogen) atoms. The fourth-order valence-electron chi connectivity index (χ4n) is 2.61. The van der Waals surface area contributed by atoms with E-state index in [9.17, 15) is 4.39 Å². The maximum atomic E-state index is 13.2. The summed E-state index contributed by atoms with van der Waals surface area (Å²) in [5.74, 6) is 0.874. The van der Waals surface area contributed by atoms with Crippen molar-refractivity contribution in [3.8, 4) is 0 Å². The highest BCUT2D eigenvalue weighted by atomic mass is 19.1. The molecule has 0 saturated heterocycles. The van der Waals surface area contributed by atoms with E-state index in [1.54, 1.807) is 0 Å². The van der Waals surface area contributed by atoms with Crippen LogP contribution in [0.4, 0.5) is 10.1 Å². The van der Waals surface area contributed by atoms with Gasteiger partial charge in [-0.2, -0.15) is 0 Å². The Morgan fingerprint density at radius 2 is 1.77 bits per heavy atom. The molecule has 0 spiro atoms. The summed E-state index contributed by atoms with van der Waals surface area (Å²) in [5.41, 5.74) is 2.24. The summed E-state index contributed by atoms with van der Waals surface area (Å²) in [6.45, 7) is 3.34. The maximum absolute atomic E-state index is 13.2. The van der Waals surface area contributed by atoms with Gasteiger partial charge in [-0.05, 0) is 29.8 Å². The van der Waals surface area contributed by atoms with E-state index in [4.69, 9.17) is 0 Å². The molecule has 0 atom stereocenters. The van der Waals surface area contributed by atoms with Gasteiger partial charge >= 0.3 is 0 Å². The molecule has 0 fully saturated rings. The Morgan fingerprint density at radius 1 is 1.05 bits per heavy atom. The van der Waals surface area contributed by atoms with Crippen LogP contribution in [0.25, 0.3) is 0 Å². The lowest BCUT2D eigenvalue weighted by molar-refractivity contribution is 0.547. The fraction of sp³-hybridized carbons (Fsp3) is 0.278. The predicted octanol–water partition coefficient (Wildman–Crippen LogP) is 3.18. The molecule has 0 aromatic heterocycles. The van der Waals surface area contributed by atoms with Gasteiger partial charge in [-0.15, -0.1) is 0 Å². The molecular formula is C18H20FN3. The largest absolute Gasteiger partial charge is 0.360 e. The van der Waals surface area contributed by atoms with Crippen molar-refractivity contribution in [1.82, 2.24) is 4.90 Å². The lowest BCUT2D eigenvalue weighted by Gasteiger charge is -2.27. The number of hydrogen-bond acceptors (Lipinski definition) is 3. The Bertz CT molecular complexity index is 637. The van der Waals surface area contributed by atoms with Gasteiger partial charge in [0.15, 0.2) is 0 Å². The molecule has 1 heterocycles. The van der Waals surface area contributed by atoms with Crippen LogP contribution in [0, 0.1) is 5.82 Å².